The zero-order valence-electron chi connectivity index (χ0n) is 17.1. The first-order chi connectivity index (χ1) is 13.6. The Labute approximate surface area is 170 Å². The third-order valence-corrected chi connectivity index (χ3v) is 6.56. The van der Waals surface area contributed by atoms with Crippen molar-refractivity contribution >= 4 is 30.7 Å². The summed E-state index contributed by atoms with van der Waals surface area (Å²) in [6, 6.07) is 13.2. The van der Waals surface area contributed by atoms with Gasteiger partial charge >= 0.3 is 0 Å². The number of anilines is 1. The molecule has 2 unspecified atom stereocenters. The number of nitrogens with one attached hydrogen (secondary N) is 1. The van der Waals surface area contributed by atoms with Gasteiger partial charge in [0.05, 0.1) is 6.04 Å². The van der Waals surface area contributed by atoms with Crippen LogP contribution in [0.2, 0.25) is 0 Å². The van der Waals surface area contributed by atoms with E-state index >= 15 is 0 Å². The molecule has 1 N–H and O–H groups in total. The lowest BCUT2D eigenvalue weighted by atomic mass is 9.94. The second-order valence-corrected chi connectivity index (χ2v) is 8.58. The molecule has 3 heteroatoms. The summed E-state index contributed by atoms with van der Waals surface area (Å²) in [5, 5.41) is 6.55. The zero-order valence-corrected chi connectivity index (χ0v) is 18.1. The molecule has 1 aromatic heterocycles. The Balaban J connectivity index is 2.04. The van der Waals surface area contributed by atoms with Gasteiger partial charge in [0.25, 0.3) is 0 Å². The van der Waals surface area contributed by atoms with Crippen molar-refractivity contribution in [2.75, 3.05) is 5.32 Å². The van der Waals surface area contributed by atoms with Gasteiger partial charge in [-0.1, -0.05) is 62.8 Å². The molecule has 0 fully saturated rings. The number of rotatable bonds is 9. The Morgan fingerprint density at radius 2 is 1.96 bits per heavy atom. The molecule has 0 saturated carbocycles. The summed E-state index contributed by atoms with van der Waals surface area (Å²) in [5.74, 6) is 2.36. The van der Waals surface area contributed by atoms with E-state index in [4.69, 9.17) is 0 Å². The van der Waals surface area contributed by atoms with Gasteiger partial charge in [0.15, 0.2) is 0 Å². The SMILES string of the molecule is C=C(C)C(Nc1cc(CCC)c(CC=O)cc1CC)c1c[pH]c2ccccc12. The Kier molecular flexibility index (Phi) is 6.75. The predicted octanol–water partition coefficient (Wildman–Crippen LogP) is 6.86. The molecule has 2 nitrogen and oxygen atoms in total. The number of carbonyl (C=O) groups is 1. The highest BCUT2D eigenvalue weighted by Crippen LogP contribution is 2.38. The maximum atomic E-state index is 11.1. The lowest BCUT2D eigenvalue weighted by molar-refractivity contribution is -0.107. The Morgan fingerprint density at radius 1 is 1.18 bits per heavy atom. The van der Waals surface area contributed by atoms with E-state index in [0.29, 0.717) is 6.42 Å². The summed E-state index contributed by atoms with van der Waals surface area (Å²) in [7, 11) is 0.717. The van der Waals surface area contributed by atoms with Crippen LogP contribution in [0.3, 0.4) is 0 Å². The van der Waals surface area contributed by atoms with Gasteiger partial charge in [0.2, 0.25) is 0 Å². The van der Waals surface area contributed by atoms with Gasteiger partial charge < -0.3 is 10.1 Å². The lowest BCUT2D eigenvalue weighted by Gasteiger charge is -2.24. The van der Waals surface area contributed by atoms with Crippen molar-refractivity contribution in [3.63, 3.8) is 0 Å². The number of aryl methyl sites for hydroxylation is 2. The lowest BCUT2D eigenvalue weighted by Crippen LogP contribution is -2.13. The van der Waals surface area contributed by atoms with E-state index in [-0.39, 0.29) is 6.04 Å². The molecule has 28 heavy (non-hydrogen) atoms. The molecular formula is C25H30NOP. The van der Waals surface area contributed by atoms with E-state index in [1.165, 1.54) is 32.9 Å². The number of hydrogen-bond donors (Lipinski definition) is 1. The molecule has 146 valence electrons. The molecular weight excluding hydrogens is 361 g/mol. The third-order valence-electron chi connectivity index (χ3n) is 5.35. The van der Waals surface area contributed by atoms with Crippen LogP contribution < -0.4 is 5.32 Å². The van der Waals surface area contributed by atoms with Crippen LogP contribution in [0.1, 0.15) is 55.5 Å². The first-order valence-electron chi connectivity index (χ1n) is 10.1. The van der Waals surface area contributed by atoms with Crippen molar-refractivity contribution in [2.45, 2.75) is 52.5 Å². The summed E-state index contributed by atoms with van der Waals surface area (Å²) < 4.78 is 0. The smallest absolute Gasteiger partial charge is 0.124 e. The predicted molar refractivity (Wildman–Crippen MR) is 124 cm³/mol. The van der Waals surface area contributed by atoms with E-state index < -0.39 is 0 Å². The monoisotopic (exact) mass is 391 g/mol. The number of fused-ring (bicyclic) bond motifs is 1. The van der Waals surface area contributed by atoms with Crippen LogP contribution in [0.5, 0.6) is 0 Å². The fraction of sp³-hybridized carbons (Fsp3) is 0.320. The van der Waals surface area contributed by atoms with E-state index in [0.717, 1.165) is 44.9 Å². The molecule has 0 saturated heterocycles. The van der Waals surface area contributed by atoms with Crippen molar-refractivity contribution in [3.8, 4) is 0 Å². The quantitative estimate of drug-likeness (QED) is 0.319. The first-order valence-corrected chi connectivity index (χ1v) is 11.2. The average Bonchev–Trinajstić information content (AvgIpc) is 3.11. The Hall–Kier alpha value is -2.31. The highest BCUT2D eigenvalue weighted by molar-refractivity contribution is 7.36. The minimum atomic E-state index is 0.0906. The van der Waals surface area contributed by atoms with E-state index in [9.17, 15) is 4.79 Å². The summed E-state index contributed by atoms with van der Waals surface area (Å²) in [6.07, 6.45) is 4.50. The van der Waals surface area contributed by atoms with Gasteiger partial charge in [-0.3, -0.25) is 0 Å². The van der Waals surface area contributed by atoms with Crippen LogP contribution in [0.15, 0.2) is 54.3 Å². The number of aldehydes is 1. The molecule has 0 spiro atoms. The average molecular weight is 391 g/mol. The van der Waals surface area contributed by atoms with Crippen LogP contribution in [-0.4, -0.2) is 6.29 Å². The molecule has 2 atom stereocenters. The molecule has 0 radical (unpaired) electrons. The minimum absolute atomic E-state index is 0.0906. The van der Waals surface area contributed by atoms with Crippen molar-refractivity contribution in [1.29, 1.82) is 0 Å². The van der Waals surface area contributed by atoms with E-state index in [1.54, 1.807) is 0 Å². The van der Waals surface area contributed by atoms with Gasteiger partial charge in [-0.25, -0.2) is 0 Å². The Bertz CT molecular complexity index is 985. The number of carbonyl (C=O) groups excluding carboxylic acids is 1. The molecule has 0 aliphatic heterocycles. The molecule has 1 heterocycles. The van der Waals surface area contributed by atoms with E-state index in [2.05, 4.69) is 74.9 Å². The van der Waals surface area contributed by atoms with Crippen LogP contribution in [0, 0.1) is 0 Å². The summed E-state index contributed by atoms with van der Waals surface area (Å²) in [5.41, 5.74) is 7.32. The van der Waals surface area contributed by atoms with Crippen LogP contribution in [0.25, 0.3) is 10.5 Å². The molecule has 0 bridgehead atoms. The fourth-order valence-corrected chi connectivity index (χ4v) is 5.11. The van der Waals surface area contributed by atoms with Crippen LogP contribution >= 0.6 is 8.19 Å². The topological polar surface area (TPSA) is 29.1 Å². The van der Waals surface area contributed by atoms with Gasteiger partial charge in [0, 0.05) is 12.1 Å². The summed E-state index contributed by atoms with van der Waals surface area (Å²) >= 11 is 0. The molecule has 3 rings (SSSR count). The molecule has 2 aromatic carbocycles. The largest absolute Gasteiger partial charge is 0.374 e. The number of benzene rings is 2. The molecule has 0 amide bonds. The van der Waals surface area contributed by atoms with Crippen molar-refractivity contribution in [3.05, 3.63) is 76.6 Å². The number of hydrogen-bond acceptors (Lipinski definition) is 2. The normalized spacial score (nSPS) is 12.4. The second kappa shape index (κ2) is 9.26. The van der Waals surface area contributed by atoms with E-state index in [1.807, 2.05) is 0 Å². The maximum absolute atomic E-state index is 11.1. The zero-order chi connectivity index (χ0) is 20.1. The van der Waals surface area contributed by atoms with Crippen LogP contribution in [0.4, 0.5) is 5.69 Å². The second-order valence-electron chi connectivity index (χ2n) is 7.47. The van der Waals surface area contributed by atoms with Gasteiger partial charge in [-0.2, -0.15) is 0 Å². The fourth-order valence-electron chi connectivity index (χ4n) is 3.90. The Morgan fingerprint density at radius 3 is 2.64 bits per heavy atom. The minimum Gasteiger partial charge on any atom is -0.374 e. The van der Waals surface area contributed by atoms with Crippen molar-refractivity contribution in [2.24, 2.45) is 0 Å². The van der Waals surface area contributed by atoms with Crippen LogP contribution in [-0.2, 0) is 24.1 Å². The highest BCUT2D eigenvalue weighted by atomic mass is 31.0. The van der Waals surface area contributed by atoms with Crippen molar-refractivity contribution in [1.82, 2.24) is 0 Å². The standard InChI is InChI=1S/C25H30NOP/c1-5-9-19-15-23(18(6-2)14-20(19)12-13-27)26-25(17(3)4)22-16-28-24-11-8-7-10-21(22)24/h7-8,10-11,13-16,25-26,28H,3,5-6,9,12H2,1-2,4H3. The first kappa shape index (κ1) is 20.4. The summed E-state index contributed by atoms with van der Waals surface area (Å²) in [4.78, 5) is 11.1. The van der Waals surface area contributed by atoms with Gasteiger partial charge in [-0.15, -0.1) is 8.19 Å². The van der Waals surface area contributed by atoms with Gasteiger partial charge in [-0.05, 0) is 64.4 Å². The third kappa shape index (κ3) is 4.23. The summed E-state index contributed by atoms with van der Waals surface area (Å²) in [6.45, 7) is 10.7. The molecule has 0 aliphatic rings. The van der Waals surface area contributed by atoms with Gasteiger partial charge in [0.1, 0.15) is 6.29 Å². The molecule has 0 aliphatic carbocycles. The molecule has 3 aromatic rings. The maximum Gasteiger partial charge on any atom is 0.124 e. The van der Waals surface area contributed by atoms with Crippen molar-refractivity contribution < 1.29 is 4.79 Å². The highest BCUT2D eigenvalue weighted by Gasteiger charge is 2.18.